The molecule has 0 atom stereocenters. The number of carbonyl (C=O) groups excluding carboxylic acids is 1. The van der Waals surface area contributed by atoms with E-state index in [4.69, 9.17) is 0 Å². The van der Waals surface area contributed by atoms with Crippen LogP contribution in [0, 0.1) is 6.92 Å². The molecule has 1 N–H and O–H groups in total. The SMILES string of the molecule is Cc1nnc(SCC(=O)Nc2nc(-c3ccccc3)ns2)s1. The van der Waals surface area contributed by atoms with E-state index in [-0.39, 0.29) is 11.7 Å². The van der Waals surface area contributed by atoms with Crippen molar-refractivity contribution in [3.63, 3.8) is 0 Å². The molecule has 3 rings (SSSR count). The first-order valence-electron chi connectivity index (χ1n) is 6.32. The number of carbonyl (C=O) groups is 1. The molecular formula is C13H11N5OS3. The molecule has 9 heteroatoms. The van der Waals surface area contributed by atoms with Gasteiger partial charge in [-0.15, -0.1) is 10.2 Å². The molecule has 0 spiro atoms. The molecule has 2 heterocycles. The predicted molar refractivity (Wildman–Crippen MR) is 89.3 cm³/mol. The summed E-state index contributed by atoms with van der Waals surface area (Å²) in [6, 6.07) is 9.65. The highest BCUT2D eigenvalue weighted by molar-refractivity contribution is 8.01. The Morgan fingerprint density at radius 1 is 1.27 bits per heavy atom. The zero-order valence-electron chi connectivity index (χ0n) is 11.5. The second-order valence-electron chi connectivity index (χ2n) is 4.21. The summed E-state index contributed by atoms with van der Waals surface area (Å²) in [5.74, 6) is 0.761. The van der Waals surface area contributed by atoms with Crippen LogP contribution in [-0.2, 0) is 4.79 Å². The van der Waals surface area contributed by atoms with Crippen molar-refractivity contribution < 1.29 is 4.79 Å². The Morgan fingerprint density at radius 2 is 2.09 bits per heavy atom. The number of nitrogens with one attached hydrogen (secondary N) is 1. The van der Waals surface area contributed by atoms with Gasteiger partial charge in [-0.2, -0.15) is 9.36 Å². The van der Waals surface area contributed by atoms with E-state index in [1.54, 1.807) is 0 Å². The van der Waals surface area contributed by atoms with Gasteiger partial charge < -0.3 is 0 Å². The normalized spacial score (nSPS) is 10.6. The maximum absolute atomic E-state index is 11.9. The number of anilines is 1. The van der Waals surface area contributed by atoms with Crippen molar-refractivity contribution >= 4 is 45.7 Å². The van der Waals surface area contributed by atoms with E-state index in [0.717, 1.165) is 14.9 Å². The molecule has 2 aromatic heterocycles. The van der Waals surface area contributed by atoms with Crippen LogP contribution >= 0.6 is 34.6 Å². The molecule has 0 aliphatic rings. The number of hydrogen-bond acceptors (Lipinski definition) is 8. The fraction of sp³-hybridized carbons (Fsp3) is 0.154. The molecule has 0 unspecified atom stereocenters. The molecule has 0 saturated carbocycles. The molecule has 0 bridgehead atoms. The Morgan fingerprint density at radius 3 is 2.82 bits per heavy atom. The fourth-order valence-electron chi connectivity index (χ4n) is 1.60. The van der Waals surface area contributed by atoms with Gasteiger partial charge in [-0.25, -0.2) is 0 Å². The van der Waals surface area contributed by atoms with Gasteiger partial charge in [0.15, 0.2) is 10.2 Å². The summed E-state index contributed by atoms with van der Waals surface area (Å²) in [7, 11) is 0. The second-order valence-corrected chi connectivity index (χ2v) is 7.37. The van der Waals surface area contributed by atoms with Crippen molar-refractivity contribution in [1.29, 1.82) is 0 Å². The van der Waals surface area contributed by atoms with E-state index in [0.29, 0.717) is 11.0 Å². The Bertz CT molecular complexity index is 771. The van der Waals surface area contributed by atoms with Crippen molar-refractivity contribution in [3.05, 3.63) is 35.3 Å². The summed E-state index contributed by atoms with van der Waals surface area (Å²) in [5.41, 5.74) is 0.929. The van der Waals surface area contributed by atoms with Gasteiger partial charge in [0.2, 0.25) is 11.0 Å². The highest BCUT2D eigenvalue weighted by atomic mass is 32.2. The molecule has 22 heavy (non-hydrogen) atoms. The molecule has 6 nitrogen and oxygen atoms in total. The first-order chi connectivity index (χ1) is 10.7. The van der Waals surface area contributed by atoms with E-state index in [9.17, 15) is 4.79 Å². The van der Waals surface area contributed by atoms with Gasteiger partial charge in [-0.3, -0.25) is 10.1 Å². The van der Waals surface area contributed by atoms with Crippen LogP contribution in [0.3, 0.4) is 0 Å². The molecule has 3 aromatic rings. The molecule has 0 radical (unpaired) electrons. The maximum Gasteiger partial charge on any atom is 0.236 e. The lowest BCUT2D eigenvalue weighted by atomic mass is 10.2. The summed E-state index contributed by atoms with van der Waals surface area (Å²) in [4.78, 5) is 16.2. The van der Waals surface area contributed by atoms with Gasteiger partial charge in [0.1, 0.15) is 5.01 Å². The van der Waals surface area contributed by atoms with Gasteiger partial charge in [0.25, 0.3) is 0 Å². The summed E-state index contributed by atoms with van der Waals surface area (Å²) in [6.45, 7) is 1.88. The maximum atomic E-state index is 11.9. The summed E-state index contributed by atoms with van der Waals surface area (Å²) in [5, 5.41) is 12.0. The lowest BCUT2D eigenvalue weighted by Gasteiger charge is -1.98. The van der Waals surface area contributed by atoms with Crippen LogP contribution in [0.4, 0.5) is 5.13 Å². The average Bonchev–Trinajstić information content (AvgIpc) is 3.15. The second kappa shape index (κ2) is 6.95. The molecule has 1 aromatic carbocycles. The van der Waals surface area contributed by atoms with Crippen molar-refractivity contribution in [2.75, 3.05) is 11.1 Å². The van der Waals surface area contributed by atoms with Crippen molar-refractivity contribution in [2.45, 2.75) is 11.3 Å². The minimum Gasteiger partial charge on any atom is -0.300 e. The number of nitrogens with zero attached hydrogens (tertiary/aromatic N) is 4. The molecule has 0 aliphatic carbocycles. The third kappa shape index (κ3) is 3.87. The summed E-state index contributed by atoms with van der Waals surface area (Å²) in [6.07, 6.45) is 0. The number of aryl methyl sites for hydroxylation is 1. The van der Waals surface area contributed by atoms with Crippen LogP contribution in [0.1, 0.15) is 5.01 Å². The highest BCUT2D eigenvalue weighted by Crippen LogP contribution is 2.23. The largest absolute Gasteiger partial charge is 0.300 e. The van der Waals surface area contributed by atoms with Gasteiger partial charge in [-0.1, -0.05) is 53.4 Å². The quantitative estimate of drug-likeness (QED) is 0.713. The number of hydrogen-bond donors (Lipinski definition) is 1. The molecule has 0 saturated heterocycles. The molecule has 1 amide bonds. The molecular weight excluding hydrogens is 338 g/mol. The number of benzene rings is 1. The van der Waals surface area contributed by atoms with Gasteiger partial charge in [-0.05, 0) is 6.92 Å². The Labute approximate surface area is 139 Å². The third-order valence-corrected chi connectivity index (χ3v) is 5.14. The van der Waals surface area contributed by atoms with Crippen LogP contribution in [0.15, 0.2) is 34.7 Å². The van der Waals surface area contributed by atoms with Crippen LogP contribution in [0.25, 0.3) is 11.4 Å². The van der Waals surface area contributed by atoms with Crippen molar-refractivity contribution in [1.82, 2.24) is 19.6 Å². The molecule has 0 fully saturated rings. The van der Waals surface area contributed by atoms with Gasteiger partial charge in [0.05, 0.1) is 5.75 Å². The lowest BCUT2D eigenvalue weighted by molar-refractivity contribution is -0.113. The minimum absolute atomic E-state index is 0.131. The van der Waals surface area contributed by atoms with Crippen LogP contribution in [-0.4, -0.2) is 31.2 Å². The first-order valence-corrected chi connectivity index (χ1v) is 8.90. The van der Waals surface area contributed by atoms with E-state index >= 15 is 0 Å². The number of rotatable bonds is 5. The Kier molecular flexibility index (Phi) is 4.76. The van der Waals surface area contributed by atoms with Gasteiger partial charge in [0, 0.05) is 17.1 Å². The zero-order valence-corrected chi connectivity index (χ0v) is 14.0. The lowest BCUT2D eigenvalue weighted by Crippen LogP contribution is -2.13. The standard InChI is InChI=1S/C13H11N5OS3/c1-8-16-17-13(21-8)20-7-10(19)14-12-15-11(18-22-12)9-5-3-2-4-6-9/h2-6H,7H2,1H3,(H,14,15,18,19). The third-order valence-electron chi connectivity index (χ3n) is 2.54. The van der Waals surface area contributed by atoms with Crippen molar-refractivity contribution in [2.24, 2.45) is 0 Å². The molecule has 0 aliphatic heterocycles. The van der Waals surface area contributed by atoms with E-state index in [2.05, 4.69) is 24.9 Å². The first kappa shape index (κ1) is 15.1. The Hall–Kier alpha value is -1.84. The number of amides is 1. The smallest absolute Gasteiger partial charge is 0.236 e. The summed E-state index contributed by atoms with van der Waals surface area (Å²) < 4.78 is 5.04. The fourth-order valence-corrected chi connectivity index (χ4v) is 3.82. The zero-order chi connectivity index (χ0) is 15.4. The Balaban J connectivity index is 1.57. The number of aromatic nitrogens is 4. The van der Waals surface area contributed by atoms with Crippen LogP contribution in [0.5, 0.6) is 0 Å². The van der Waals surface area contributed by atoms with E-state index < -0.39 is 0 Å². The van der Waals surface area contributed by atoms with E-state index in [1.807, 2.05) is 37.3 Å². The minimum atomic E-state index is -0.131. The highest BCUT2D eigenvalue weighted by Gasteiger charge is 2.11. The van der Waals surface area contributed by atoms with Crippen LogP contribution in [0.2, 0.25) is 0 Å². The monoisotopic (exact) mass is 349 g/mol. The average molecular weight is 349 g/mol. The number of thioether (sulfide) groups is 1. The topological polar surface area (TPSA) is 80.7 Å². The van der Waals surface area contributed by atoms with Crippen LogP contribution < -0.4 is 5.32 Å². The van der Waals surface area contributed by atoms with Gasteiger partial charge >= 0.3 is 0 Å². The van der Waals surface area contributed by atoms with E-state index in [1.165, 1.54) is 34.6 Å². The summed E-state index contributed by atoms with van der Waals surface area (Å²) >= 11 is 4.00. The van der Waals surface area contributed by atoms with Crippen molar-refractivity contribution in [3.8, 4) is 11.4 Å². The molecule has 112 valence electrons. The predicted octanol–water partition coefficient (Wildman–Crippen LogP) is 3.10.